The van der Waals surface area contributed by atoms with Crippen LogP contribution in [-0.4, -0.2) is 114 Å². The molecule has 14 heterocycles. The van der Waals surface area contributed by atoms with Crippen molar-refractivity contribution in [2.75, 3.05) is 55.4 Å². The SMILES string of the molecule is COc1ccc(-c2ccccc2)cc1Nc1nc(N)nc2n[nH]c(-c3ccco3)c12.COc1ccc(-c2ccoc2)cc1Nc1ncnc2n[nH]c(-c3ccco3)c12.COc1ccc(-c2ccoc2)cc1Nc1ncnc2n[nH]c(C3=CCC=C3)c12.COc1ccc(-c2csc(C)n2)cc1Nc1ncnc2n[nH]c(-c3ccco3)c12. The van der Waals surface area contributed by atoms with Crippen molar-refractivity contribution in [3.63, 3.8) is 0 Å². The standard InChI is InChI=1S/C22H18N6O2.C21H17N5O2.C20H16N6O2S.C20H15N5O3/c1-29-16-10-9-14(13-6-3-2-4-7-13)12-15(16)24-20-18-19(17-8-5-11-30-17)27-28-21(18)26-22(23)25-20;1-27-17-7-6-14(15-8-9-28-11-15)10-16(17)24-20-18-19(13-4-2-3-5-13)25-26-21(18)23-12-22-20;1-11-23-14(9-29-11)12-5-6-15(27-2)13(8-12)24-19-17-18(16-4-3-7-28-16)25-26-20(17)22-10-21-19;1-26-15-5-4-12(13-6-8-27-10-13)9-14(15)23-19-17-18(16-3-2-7-28-16)24-25-20(17)22-11-21-19/h2-12H,1H3,(H4,23,24,25,26,27,28);2,4-12H,3H2,1H3,(H2,22,23,24,25,26);3-10H,1-2H3,(H2,21,22,24,25,26);2-11H,1H3,(H2,21,22,23,24,25). The molecule has 32 heteroatoms. The first-order chi connectivity index (χ1) is 56.6. The van der Waals surface area contributed by atoms with Crippen molar-refractivity contribution in [3.05, 3.63) is 249 Å². The first-order valence-electron chi connectivity index (χ1n) is 35.5. The number of nitrogen functional groups attached to an aromatic ring is 1. The van der Waals surface area contributed by atoms with E-state index < -0.39 is 0 Å². The highest BCUT2D eigenvalue weighted by molar-refractivity contribution is 7.09. The number of thiazole rings is 1. The number of nitrogens with two attached hydrogens (primary N) is 1. The summed E-state index contributed by atoms with van der Waals surface area (Å²) in [7, 11) is 6.53. The van der Waals surface area contributed by atoms with E-state index in [0.717, 1.165) is 106 Å². The van der Waals surface area contributed by atoms with Gasteiger partial charge in [0.2, 0.25) is 5.95 Å². The number of rotatable bonds is 20. The highest BCUT2D eigenvalue weighted by Gasteiger charge is 2.24. The van der Waals surface area contributed by atoms with Gasteiger partial charge in [0, 0.05) is 22.1 Å². The van der Waals surface area contributed by atoms with E-state index in [0.29, 0.717) is 109 Å². The topological polar surface area (TPSA) is 407 Å². The lowest BCUT2D eigenvalue weighted by molar-refractivity contribution is 0.417. The van der Waals surface area contributed by atoms with Gasteiger partial charge < -0.3 is 68.0 Å². The molecule has 20 rings (SSSR count). The Hall–Kier alpha value is -16.0. The maximum atomic E-state index is 5.93. The number of nitrogens with zero attached hydrogens (tertiary/aromatic N) is 13. The molecule has 0 bridgehead atoms. The Morgan fingerprint density at radius 2 is 0.817 bits per heavy atom. The molecule has 31 nitrogen and oxygen atoms in total. The van der Waals surface area contributed by atoms with Crippen LogP contribution in [0.15, 0.2) is 260 Å². The van der Waals surface area contributed by atoms with Gasteiger partial charge in [-0.15, -0.1) is 11.3 Å². The Morgan fingerprint density at radius 1 is 0.400 bits per heavy atom. The van der Waals surface area contributed by atoms with Gasteiger partial charge in [0.05, 0.1) is 133 Å². The number of benzene rings is 5. The zero-order valence-electron chi connectivity index (χ0n) is 61.7. The molecule has 0 spiro atoms. The Morgan fingerprint density at radius 3 is 1.23 bits per heavy atom. The van der Waals surface area contributed by atoms with Crippen molar-refractivity contribution in [2.45, 2.75) is 13.3 Å². The van der Waals surface area contributed by atoms with Crippen LogP contribution in [0.4, 0.5) is 52.0 Å². The van der Waals surface area contributed by atoms with E-state index in [1.54, 1.807) is 89.7 Å². The molecule has 0 unspecified atom stereocenters. The third-order valence-electron chi connectivity index (χ3n) is 18.4. The van der Waals surface area contributed by atoms with E-state index in [1.807, 2.05) is 146 Å². The van der Waals surface area contributed by atoms with Gasteiger partial charge >= 0.3 is 0 Å². The van der Waals surface area contributed by atoms with E-state index >= 15 is 0 Å². The summed E-state index contributed by atoms with van der Waals surface area (Å²) >= 11 is 1.62. The molecule has 0 amide bonds. The van der Waals surface area contributed by atoms with Crippen LogP contribution in [-0.2, 0) is 0 Å². The zero-order chi connectivity index (χ0) is 78.1. The minimum absolute atomic E-state index is 0.112. The average molecular weight is 1550 g/mol. The van der Waals surface area contributed by atoms with Gasteiger partial charge in [0.25, 0.3) is 0 Å². The van der Waals surface area contributed by atoms with Gasteiger partial charge in [0.1, 0.15) is 82.3 Å². The second-order valence-corrected chi connectivity index (χ2v) is 26.4. The molecule has 5 aromatic carbocycles. The van der Waals surface area contributed by atoms with Crippen LogP contribution >= 0.6 is 11.3 Å². The maximum Gasteiger partial charge on any atom is 0.224 e. The lowest BCUT2D eigenvalue weighted by Gasteiger charge is -2.14. The quantitative estimate of drug-likeness (QED) is 0.0342. The van der Waals surface area contributed by atoms with Crippen molar-refractivity contribution >= 4 is 113 Å². The summed E-state index contributed by atoms with van der Waals surface area (Å²) in [4.78, 5) is 39.3. The monoisotopic (exact) mass is 1550 g/mol. The molecule has 0 atom stereocenters. The smallest absolute Gasteiger partial charge is 0.224 e. The number of nitrogens with one attached hydrogen (secondary N) is 8. The highest BCUT2D eigenvalue weighted by Crippen LogP contribution is 2.43. The first-order valence-corrected chi connectivity index (χ1v) is 36.4. The molecule has 0 radical (unpaired) electrons. The average Bonchev–Trinajstić information content (AvgIpc) is 1.11. The van der Waals surface area contributed by atoms with E-state index in [9.17, 15) is 0 Å². The Kier molecular flexibility index (Phi) is 20.2. The second kappa shape index (κ2) is 32.3. The number of H-pyrrole nitrogens is 4. The van der Waals surface area contributed by atoms with Gasteiger partial charge in [0.15, 0.2) is 39.9 Å². The largest absolute Gasteiger partial charge is 0.495 e. The number of aryl methyl sites for hydroxylation is 1. The van der Waals surface area contributed by atoms with E-state index in [4.69, 9.17) is 46.8 Å². The molecule has 0 aliphatic heterocycles. The fraction of sp³-hybridized carbons (Fsp3) is 0.0723. The molecule has 568 valence electrons. The molecular weight excluding hydrogens is 1480 g/mol. The number of ether oxygens (including phenoxy) is 4. The van der Waals surface area contributed by atoms with Crippen LogP contribution in [0, 0.1) is 6.92 Å². The number of anilines is 9. The molecule has 19 aromatic rings. The molecular formula is C83H66N22O9S. The van der Waals surface area contributed by atoms with Crippen molar-refractivity contribution < 1.29 is 41.0 Å². The Labute approximate surface area is 655 Å². The summed E-state index contributed by atoms with van der Waals surface area (Å²) in [5.41, 5.74) is 23.2. The van der Waals surface area contributed by atoms with Crippen molar-refractivity contribution in [1.29, 1.82) is 0 Å². The van der Waals surface area contributed by atoms with E-state index in [2.05, 4.69) is 137 Å². The van der Waals surface area contributed by atoms with Gasteiger partial charge in [-0.1, -0.05) is 66.8 Å². The van der Waals surface area contributed by atoms with Crippen LogP contribution in [0.2, 0.25) is 0 Å². The number of aromatic nitrogens is 17. The van der Waals surface area contributed by atoms with Crippen molar-refractivity contribution in [1.82, 2.24) is 85.6 Å². The second-order valence-electron chi connectivity index (χ2n) is 25.3. The molecule has 14 aromatic heterocycles. The highest BCUT2D eigenvalue weighted by atomic mass is 32.1. The normalized spacial score (nSPS) is 11.5. The summed E-state index contributed by atoms with van der Waals surface area (Å²) < 4.78 is 49.1. The van der Waals surface area contributed by atoms with Crippen LogP contribution in [0.3, 0.4) is 0 Å². The Balaban J connectivity index is 0.000000111. The number of hydrogen-bond donors (Lipinski definition) is 9. The van der Waals surface area contributed by atoms with E-state index in [-0.39, 0.29) is 5.95 Å². The van der Waals surface area contributed by atoms with Gasteiger partial charge in [-0.2, -0.15) is 30.4 Å². The number of furan rings is 5. The molecule has 1 aliphatic carbocycles. The molecule has 0 saturated heterocycles. The summed E-state index contributed by atoms with van der Waals surface area (Å²) in [6.07, 6.45) is 23.2. The number of aromatic amines is 4. The third-order valence-corrected chi connectivity index (χ3v) is 19.2. The third kappa shape index (κ3) is 15.0. The molecule has 1 aliphatic rings. The van der Waals surface area contributed by atoms with Crippen molar-refractivity contribution in [2.24, 2.45) is 0 Å². The Bertz CT molecular complexity index is 6630. The minimum atomic E-state index is 0.112. The van der Waals surface area contributed by atoms with Crippen LogP contribution < -0.4 is 45.9 Å². The summed E-state index contributed by atoms with van der Waals surface area (Å²) in [6.45, 7) is 1.99. The zero-order valence-corrected chi connectivity index (χ0v) is 62.5. The van der Waals surface area contributed by atoms with Gasteiger partial charge in [-0.25, -0.2) is 34.9 Å². The number of fused-ring (bicyclic) bond motifs is 4. The summed E-state index contributed by atoms with van der Waals surface area (Å²) in [5, 5.41) is 48.6. The van der Waals surface area contributed by atoms with Crippen LogP contribution in [0.25, 0.3) is 129 Å². The van der Waals surface area contributed by atoms with Crippen LogP contribution in [0.1, 0.15) is 17.1 Å². The molecule has 0 saturated carbocycles. The minimum Gasteiger partial charge on any atom is -0.495 e. The lowest BCUT2D eigenvalue weighted by atomic mass is 10.0. The number of methoxy groups -OCH3 is 4. The number of hydrogen-bond acceptors (Lipinski definition) is 28. The lowest BCUT2D eigenvalue weighted by Crippen LogP contribution is -2.02. The van der Waals surface area contributed by atoms with Gasteiger partial charge in [-0.3, -0.25) is 20.4 Å². The maximum absolute atomic E-state index is 5.93. The molecule has 10 N–H and O–H groups in total. The number of allylic oxidation sites excluding steroid dienone is 4. The summed E-state index contributed by atoms with van der Waals surface area (Å²) in [6, 6.07) is 48.5. The fourth-order valence-electron chi connectivity index (χ4n) is 12.9. The summed E-state index contributed by atoms with van der Waals surface area (Å²) in [5.74, 6) is 7.15. The molecule has 0 fully saturated rings. The molecule has 115 heavy (non-hydrogen) atoms. The first kappa shape index (κ1) is 71.9. The van der Waals surface area contributed by atoms with Crippen LogP contribution in [0.5, 0.6) is 23.0 Å². The van der Waals surface area contributed by atoms with Gasteiger partial charge in [-0.05, 0) is 144 Å². The fourth-order valence-corrected chi connectivity index (χ4v) is 13.6. The van der Waals surface area contributed by atoms with E-state index in [1.165, 1.54) is 19.0 Å². The predicted molar refractivity (Wildman–Crippen MR) is 438 cm³/mol. The predicted octanol–water partition coefficient (Wildman–Crippen LogP) is 18.7. The van der Waals surface area contributed by atoms with Crippen molar-refractivity contribution in [3.8, 4) is 102 Å².